The summed E-state index contributed by atoms with van der Waals surface area (Å²) in [5, 5.41) is 0.831. The molecule has 2 rings (SSSR count). The monoisotopic (exact) mass is 276 g/mol. The Morgan fingerprint density at radius 3 is 2.68 bits per heavy atom. The van der Waals surface area contributed by atoms with Crippen molar-refractivity contribution in [3.63, 3.8) is 0 Å². The summed E-state index contributed by atoms with van der Waals surface area (Å²) in [6.07, 6.45) is 1.59. The van der Waals surface area contributed by atoms with Crippen LogP contribution in [0.1, 0.15) is 41.3 Å². The molecule has 0 radical (unpaired) electrons. The van der Waals surface area contributed by atoms with Crippen LogP contribution in [0.25, 0.3) is 0 Å². The maximum absolute atomic E-state index is 6.07. The van der Waals surface area contributed by atoms with Crippen molar-refractivity contribution in [1.29, 1.82) is 0 Å². The van der Waals surface area contributed by atoms with Crippen LogP contribution in [0.4, 0.5) is 0 Å². The Labute approximate surface area is 118 Å². The SMILES string of the molecule is CCC(N)C(N)c1nc(Cc2ccccc2C)ns1. The van der Waals surface area contributed by atoms with Crippen LogP contribution in [0.3, 0.4) is 0 Å². The van der Waals surface area contributed by atoms with Gasteiger partial charge in [0, 0.05) is 12.5 Å². The fourth-order valence-corrected chi connectivity index (χ4v) is 2.64. The van der Waals surface area contributed by atoms with Crippen molar-refractivity contribution in [1.82, 2.24) is 9.36 Å². The third kappa shape index (κ3) is 3.37. The van der Waals surface area contributed by atoms with Gasteiger partial charge in [0.25, 0.3) is 0 Å². The summed E-state index contributed by atoms with van der Waals surface area (Å²) in [7, 11) is 0. The molecule has 0 aliphatic rings. The van der Waals surface area contributed by atoms with Crippen molar-refractivity contribution in [3.05, 3.63) is 46.2 Å². The number of benzene rings is 1. The molecule has 0 amide bonds. The smallest absolute Gasteiger partial charge is 0.147 e. The highest BCUT2D eigenvalue weighted by Crippen LogP contribution is 2.19. The van der Waals surface area contributed by atoms with E-state index in [0.29, 0.717) is 0 Å². The minimum Gasteiger partial charge on any atom is -0.326 e. The first-order chi connectivity index (χ1) is 9.11. The first-order valence-electron chi connectivity index (χ1n) is 6.50. The first-order valence-corrected chi connectivity index (χ1v) is 7.27. The predicted molar refractivity (Wildman–Crippen MR) is 79.1 cm³/mol. The molecule has 0 bridgehead atoms. The summed E-state index contributed by atoms with van der Waals surface area (Å²) in [6, 6.07) is 8.01. The van der Waals surface area contributed by atoms with E-state index in [9.17, 15) is 0 Å². The quantitative estimate of drug-likeness (QED) is 0.877. The Bertz CT molecular complexity index is 538. The van der Waals surface area contributed by atoms with Gasteiger partial charge in [-0.2, -0.15) is 4.37 Å². The third-order valence-electron chi connectivity index (χ3n) is 3.31. The van der Waals surface area contributed by atoms with Gasteiger partial charge in [-0.15, -0.1) is 0 Å². The number of nitrogens with two attached hydrogens (primary N) is 2. The van der Waals surface area contributed by atoms with Gasteiger partial charge in [-0.3, -0.25) is 0 Å². The summed E-state index contributed by atoms with van der Waals surface area (Å²) < 4.78 is 4.39. The molecule has 0 aliphatic carbocycles. The van der Waals surface area contributed by atoms with E-state index in [-0.39, 0.29) is 12.1 Å². The molecule has 5 heteroatoms. The van der Waals surface area contributed by atoms with Crippen molar-refractivity contribution < 1.29 is 0 Å². The molecular formula is C14H20N4S. The predicted octanol–water partition coefficient (Wildman–Crippen LogP) is 2.17. The Morgan fingerprint density at radius 2 is 2.00 bits per heavy atom. The highest BCUT2D eigenvalue weighted by Gasteiger charge is 2.18. The van der Waals surface area contributed by atoms with Gasteiger partial charge in [0.15, 0.2) is 0 Å². The van der Waals surface area contributed by atoms with Gasteiger partial charge < -0.3 is 11.5 Å². The molecule has 1 aromatic carbocycles. The van der Waals surface area contributed by atoms with Crippen molar-refractivity contribution in [2.24, 2.45) is 11.5 Å². The molecule has 0 saturated heterocycles. The molecule has 1 aromatic heterocycles. The van der Waals surface area contributed by atoms with Crippen LogP contribution in [-0.4, -0.2) is 15.4 Å². The van der Waals surface area contributed by atoms with Gasteiger partial charge in [0.1, 0.15) is 10.8 Å². The number of hydrogen-bond acceptors (Lipinski definition) is 5. The topological polar surface area (TPSA) is 77.8 Å². The van der Waals surface area contributed by atoms with Crippen LogP contribution >= 0.6 is 11.5 Å². The lowest BCUT2D eigenvalue weighted by molar-refractivity contribution is 0.529. The van der Waals surface area contributed by atoms with Crippen LogP contribution in [0.2, 0.25) is 0 Å². The van der Waals surface area contributed by atoms with Gasteiger partial charge in [-0.05, 0) is 36.0 Å². The molecule has 0 spiro atoms. The Kier molecular flexibility index (Phi) is 4.63. The fraction of sp³-hybridized carbons (Fsp3) is 0.429. The summed E-state index contributed by atoms with van der Waals surface area (Å²) in [5.74, 6) is 0.827. The van der Waals surface area contributed by atoms with E-state index in [4.69, 9.17) is 11.5 Å². The van der Waals surface area contributed by atoms with Crippen molar-refractivity contribution >= 4 is 11.5 Å². The average molecular weight is 276 g/mol. The molecule has 0 aliphatic heterocycles. The molecule has 102 valence electrons. The maximum Gasteiger partial charge on any atom is 0.147 e. The lowest BCUT2D eigenvalue weighted by Gasteiger charge is -2.14. The fourth-order valence-electron chi connectivity index (χ4n) is 1.89. The zero-order chi connectivity index (χ0) is 13.8. The summed E-state index contributed by atoms with van der Waals surface area (Å²) in [4.78, 5) is 4.52. The molecule has 2 unspecified atom stereocenters. The van der Waals surface area contributed by atoms with Gasteiger partial charge in [0.2, 0.25) is 0 Å². The van der Waals surface area contributed by atoms with E-state index in [1.165, 1.54) is 22.7 Å². The highest BCUT2D eigenvalue weighted by molar-refractivity contribution is 7.05. The molecule has 2 aromatic rings. The lowest BCUT2D eigenvalue weighted by Crippen LogP contribution is -2.33. The van der Waals surface area contributed by atoms with Gasteiger partial charge in [-0.1, -0.05) is 31.2 Å². The normalized spacial score (nSPS) is 14.3. The van der Waals surface area contributed by atoms with E-state index in [1.807, 2.05) is 19.1 Å². The standard InChI is InChI=1S/C14H20N4S/c1-3-11(15)13(16)14-17-12(18-19-14)8-10-7-5-4-6-9(10)2/h4-7,11,13H,3,8,15-16H2,1-2H3. The second-order valence-electron chi connectivity index (χ2n) is 4.75. The number of nitrogens with zero attached hydrogens (tertiary/aromatic N) is 2. The van der Waals surface area contributed by atoms with Crippen molar-refractivity contribution in [3.8, 4) is 0 Å². The van der Waals surface area contributed by atoms with Crippen LogP contribution in [-0.2, 0) is 6.42 Å². The molecule has 2 atom stereocenters. The van der Waals surface area contributed by atoms with E-state index in [0.717, 1.165) is 23.7 Å². The van der Waals surface area contributed by atoms with Gasteiger partial charge in [0.05, 0.1) is 6.04 Å². The number of rotatable bonds is 5. The Balaban J connectivity index is 2.12. The number of aromatic nitrogens is 2. The molecule has 1 heterocycles. The molecule has 0 saturated carbocycles. The number of aryl methyl sites for hydroxylation is 1. The molecule has 0 fully saturated rings. The van der Waals surface area contributed by atoms with Gasteiger partial charge in [-0.25, -0.2) is 4.98 Å². The molecular weight excluding hydrogens is 256 g/mol. The van der Waals surface area contributed by atoms with Crippen LogP contribution < -0.4 is 11.5 Å². The molecule has 19 heavy (non-hydrogen) atoms. The minimum atomic E-state index is -0.215. The second-order valence-corrected chi connectivity index (χ2v) is 5.53. The average Bonchev–Trinajstić information content (AvgIpc) is 2.88. The third-order valence-corrected chi connectivity index (χ3v) is 4.16. The Morgan fingerprint density at radius 1 is 1.26 bits per heavy atom. The number of hydrogen-bond donors (Lipinski definition) is 2. The largest absolute Gasteiger partial charge is 0.326 e. The van der Waals surface area contributed by atoms with Crippen molar-refractivity contribution in [2.75, 3.05) is 0 Å². The van der Waals surface area contributed by atoms with Gasteiger partial charge >= 0.3 is 0 Å². The first kappa shape index (κ1) is 14.1. The van der Waals surface area contributed by atoms with E-state index in [2.05, 4.69) is 28.4 Å². The van der Waals surface area contributed by atoms with Crippen LogP contribution in [0, 0.1) is 6.92 Å². The van der Waals surface area contributed by atoms with Crippen LogP contribution in [0.5, 0.6) is 0 Å². The lowest BCUT2D eigenvalue weighted by atomic mass is 10.1. The summed E-state index contributed by atoms with van der Waals surface area (Å²) >= 11 is 1.36. The molecule has 4 N–H and O–H groups in total. The van der Waals surface area contributed by atoms with E-state index in [1.54, 1.807) is 0 Å². The zero-order valence-electron chi connectivity index (χ0n) is 11.3. The van der Waals surface area contributed by atoms with E-state index < -0.39 is 0 Å². The van der Waals surface area contributed by atoms with E-state index >= 15 is 0 Å². The van der Waals surface area contributed by atoms with Crippen LogP contribution in [0.15, 0.2) is 24.3 Å². The minimum absolute atomic E-state index is 0.0562. The maximum atomic E-state index is 6.07. The zero-order valence-corrected chi connectivity index (χ0v) is 12.2. The highest BCUT2D eigenvalue weighted by atomic mass is 32.1. The second kappa shape index (κ2) is 6.23. The summed E-state index contributed by atoms with van der Waals surface area (Å²) in [5.41, 5.74) is 14.5. The van der Waals surface area contributed by atoms with Crippen molar-refractivity contribution in [2.45, 2.75) is 38.8 Å². The Hall–Kier alpha value is -1.30. The summed E-state index contributed by atoms with van der Waals surface area (Å²) in [6.45, 7) is 4.13. The molecule has 4 nitrogen and oxygen atoms in total.